The number of ether oxygens (including phenoxy) is 5. The van der Waals surface area contributed by atoms with Crippen molar-refractivity contribution in [3.63, 3.8) is 0 Å². The monoisotopic (exact) mass is 656 g/mol. The lowest BCUT2D eigenvalue weighted by Gasteiger charge is -2.20. The van der Waals surface area contributed by atoms with E-state index in [1.165, 1.54) is 43.7 Å². The Morgan fingerprint density at radius 3 is 1.60 bits per heavy atom. The topological polar surface area (TPSA) is 97.4 Å². The summed E-state index contributed by atoms with van der Waals surface area (Å²) in [5.41, 5.74) is 2.81. The van der Waals surface area contributed by atoms with E-state index >= 15 is 0 Å². The molecule has 1 heterocycles. The van der Waals surface area contributed by atoms with Crippen molar-refractivity contribution >= 4 is 18.3 Å². The van der Waals surface area contributed by atoms with Crippen LogP contribution in [0.15, 0.2) is 60.7 Å². The molecule has 0 radical (unpaired) electrons. The molecule has 8 heteroatoms. The highest BCUT2D eigenvalue weighted by atomic mass is 16.7. The number of carbonyl (C=O) groups excluding carboxylic acids is 3. The zero-order valence-electron chi connectivity index (χ0n) is 29.7. The first-order valence-electron chi connectivity index (χ1n) is 17.5. The lowest BCUT2D eigenvalue weighted by Crippen LogP contribution is -2.16. The molecule has 0 amide bonds. The van der Waals surface area contributed by atoms with E-state index in [4.69, 9.17) is 14.2 Å². The third kappa shape index (κ3) is 21.0. The zero-order valence-corrected chi connectivity index (χ0v) is 29.7. The predicted octanol–water partition coefficient (Wildman–Crippen LogP) is 10.3. The number of rotatable bonds is 17. The van der Waals surface area contributed by atoms with Gasteiger partial charge in [-0.3, -0.25) is 4.79 Å². The maximum Gasteiger partial charge on any atom is 0.508 e. The third-order valence-corrected chi connectivity index (χ3v) is 8.18. The van der Waals surface area contributed by atoms with Gasteiger partial charge in [-0.2, -0.15) is 0 Å². The lowest BCUT2D eigenvalue weighted by molar-refractivity contribution is -0.141. The molecule has 4 atom stereocenters. The van der Waals surface area contributed by atoms with E-state index in [0.29, 0.717) is 38.1 Å². The van der Waals surface area contributed by atoms with Crippen molar-refractivity contribution < 1.29 is 38.1 Å². The average molecular weight is 657 g/mol. The molecule has 3 rings (SSSR count). The van der Waals surface area contributed by atoms with Crippen molar-refractivity contribution in [1.82, 2.24) is 0 Å². The van der Waals surface area contributed by atoms with Gasteiger partial charge in [0.05, 0.1) is 33.0 Å². The molecule has 0 aromatic heterocycles. The summed E-state index contributed by atoms with van der Waals surface area (Å²) >= 11 is 0. The molecule has 4 unspecified atom stereocenters. The van der Waals surface area contributed by atoms with Crippen molar-refractivity contribution in [3.05, 3.63) is 71.8 Å². The first kappa shape index (κ1) is 41.5. The average Bonchev–Trinajstić information content (AvgIpc) is 3.09. The molecule has 1 aliphatic rings. The van der Waals surface area contributed by atoms with E-state index in [0.717, 1.165) is 37.5 Å². The minimum atomic E-state index is -0.668. The van der Waals surface area contributed by atoms with E-state index in [9.17, 15) is 14.4 Å². The molecule has 2 aromatic rings. The summed E-state index contributed by atoms with van der Waals surface area (Å²) in [6, 6.07) is 21.3. The van der Waals surface area contributed by atoms with Gasteiger partial charge in [-0.1, -0.05) is 115 Å². The Kier molecular flexibility index (Phi) is 23.4. The van der Waals surface area contributed by atoms with Crippen LogP contribution in [0.25, 0.3) is 0 Å². The predicted molar refractivity (Wildman–Crippen MR) is 187 cm³/mol. The Balaban J connectivity index is 0.000000418. The van der Waals surface area contributed by atoms with Crippen molar-refractivity contribution in [2.24, 2.45) is 11.8 Å². The van der Waals surface area contributed by atoms with Crippen LogP contribution in [0.1, 0.15) is 122 Å². The van der Waals surface area contributed by atoms with Gasteiger partial charge >= 0.3 is 18.3 Å². The molecule has 264 valence electrons. The van der Waals surface area contributed by atoms with Crippen molar-refractivity contribution in [2.75, 3.05) is 33.0 Å². The van der Waals surface area contributed by atoms with Crippen molar-refractivity contribution in [2.45, 2.75) is 111 Å². The maximum atomic E-state index is 11.6. The molecule has 1 fully saturated rings. The molecule has 0 N–H and O–H groups in total. The molecule has 8 nitrogen and oxygen atoms in total. The van der Waals surface area contributed by atoms with Gasteiger partial charge in [0.1, 0.15) is 0 Å². The molecule has 0 bridgehead atoms. The fourth-order valence-corrected chi connectivity index (χ4v) is 5.11. The van der Waals surface area contributed by atoms with Gasteiger partial charge in [-0.05, 0) is 60.5 Å². The Labute approximate surface area is 283 Å². The van der Waals surface area contributed by atoms with E-state index in [1.807, 2.05) is 18.2 Å². The Morgan fingerprint density at radius 2 is 1.17 bits per heavy atom. The highest BCUT2D eigenvalue weighted by molar-refractivity contribution is 5.65. The zero-order chi connectivity index (χ0) is 34.7. The van der Waals surface area contributed by atoms with E-state index in [-0.39, 0.29) is 19.2 Å². The van der Waals surface area contributed by atoms with Gasteiger partial charge < -0.3 is 23.7 Å². The number of cyclic esters (lactones) is 2. The fourth-order valence-electron chi connectivity index (χ4n) is 5.11. The Morgan fingerprint density at radius 1 is 0.702 bits per heavy atom. The smallest absolute Gasteiger partial charge is 0.466 e. The number of benzene rings is 2. The minimum Gasteiger partial charge on any atom is -0.466 e. The number of carbonyl (C=O) groups is 3. The van der Waals surface area contributed by atoms with Crippen LogP contribution in [0.3, 0.4) is 0 Å². The Hall–Kier alpha value is -3.55. The van der Waals surface area contributed by atoms with Crippen LogP contribution < -0.4 is 0 Å². The summed E-state index contributed by atoms with van der Waals surface area (Å²) in [6.45, 7) is 14.5. The van der Waals surface area contributed by atoms with Crippen LogP contribution in [0, 0.1) is 11.8 Å². The van der Waals surface area contributed by atoms with Crippen LogP contribution in [0.4, 0.5) is 9.59 Å². The van der Waals surface area contributed by atoms with Gasteiger partial charge in [0, 0.05) is 19.8 Å². The lowest BCUT2D eigenvalue weighted by atomic mass is 9.85. The van der Waals surface area contributed by atoms with Gasteiger partial charge in [0.15, 0.2) is 0 Å². The first-order valence-corrected chi connectivity index (χ1v) is 17.5. The van der Waals surface area contributed by atoms with Crippen LogP contribution >= 0.6 is 0 Å². The number of esters is 1. The molecule has 0 saturated carbocycles. The molecule has 2 aromatic carbocycles. The van der Waals surface area contributed by atoms with E-state index in [1.54, 1.807) is 0 Å². The first-order chi connectivity index (χ1) is 22.7. The van der Waals surface area contributed by atoms with Crippen LogP contribution in [-0.2, 0) is 28.5 Å². The summed E-state index contributed by atoms with van der Waals surface area (Å²) in [5, 5.41) is 0. The largest absolute Gasteiger partial charge is 0.508 e. The van der Waals surface area contributed by atoms with E-state index < -0.39 is 12.3 Å². The molecule has 0 spiro atoms. The second-order valence-electron chi connectivity index (χ2n) is 12.2. The minimum absolute atomic E-state index is 0.182. The van der Waals surface area contributed by atoms with Crippen molar-refractivity contribution in [1.29, 1.82) is 0 Å². The highest BCUT2D eigenvalue weighted by Gasteiger charge is 2.16. The Bertz CT molecular complexity index is 1070. The van der Waals surface area contributed by atoms with Gasteiger partial charge in [-0.25, -0.2) is 9.59 Å². The third-order valence-electron chi connectivity index (χ3n) is 8.18. The summed E-state index contributed by atoms with van der Waals surface area (Å²) in [5.74, 6) is 2.27. The summed E-state index contributed by atoms with van der Waals surface area (Å²) in [4.78, 5) is 32.2. The summed E-state index contributed by atoms with van der Waals surface area (Å²) in [7, 11) is 0. The quantitative estimate of drug-likeness (QED) is 0.0943. The maximum absolute atomic E-state index is 11.6. The van der Waals surface area contributed by atoms with Gasteiger partial charge in [0.2, 0.25) is 0 Å². The van der Waals surface area contributed by atoms with Gasteiger partial charge in [-0.15, -0.1) is 0 Å². The van der Waals surface area contributed by atoms with Crippen LogP contribution in [-0.4, -0.2) is 51.3 Å². The van der Waals surface area contributed by atoms with Crippen molar-refractivity contribution in [3.8, 4) is 0 Å². The van der Waals surface area contributed by atoms with E-state index in [2.05, 4.69) is 86.6 Å². The highest BCUT2D eigenvalue weighted by Crippen LogP contribution is 2.30. The van der Waals surface area contributed by atoms with Crippen LogP contribution in [0.5, 0.6) is 0 Å². The normalized spacial score (nSPS) is 14.6. The summed E-state index contributed by atoms with van der Waals surface area (Å²) < 4.78 is 23.7. The molecule has 1 aliphatic heterocycles. The molecular formula is C39H60O8. The molecule has 47 heavy (non-hydrogen) atoms. The second-order valence-corrected chi connectivity index (χ2v) is 12.2. The number of hydrogen-bond acceptors (Lipinski definition) is 8. The van der Waals surface area contributed by atoms with Crippen LogP contribution in [0.2, 0.25) is 0 Å². The fraction of sp³-hybridized carbons (Fsp3) is 0.615. The SMILES string of the molecule is CCC(C)CC(CCOC(=O)OCCCOC(C)=O)c1ccccc1.CCCC(CC(C)CC)c1ccccc1.O=C1OCCCO1. The molecule has 0 aliphatic carbocycles. The molecule has 1 saturated heterocycles. The number of hydrogen-bond donors (Lipinski definition) is 0. The summed E-state index contributed by atoms with van der Waals surface area (Å²) in [6.07, 6.45) is 8.32. The van der Waals surface area contributed by atoms with Gasteiger partial charge in [0.25, 0.3) is 0 Å². The molecular weight excluding hydrogens is 596 g/mol. The standard InChI is InChI=1S/C20H30O5.C15H24.C4H6O3/c1-4-16(2)15-19(18-9-6-5-7-10-18)11-14-25-20(22)24-13-8-12-23-17(3)21;1-4-9-15(12-13(3)5-2)14-10-7-6-8-11-14;5-4-6-2-1-3-7-4/h5-7,9-10,16,19H,4,8,11-15H2,1-3H3;6-8,10-11,13,15H,4-5,9,12H2,1-3H3;1-3H2. The second kappa shape index (κ2) is 26.5.